The fourth-order valence-corrected chi connectivity index (χ4v) is 3.32. The maximum Gasteiger partial charge on any atom is 0.0957 e. The number of rotatable bonds is 5. The van der Waals surface area contributed by atoms with Crippen LogP contribution in [-0.4, -0.2) is 62.3 Å². The van der Waals surface area contributed by atoms with Crippen molar-refractivity contribution in [3.05, 3.63) is 11.6 Å². The molecular weight excluding hydrogens is 262 g/mol. The lowest BCUT2D eigenvalue weighted by molar-refractivity contribution is 0.0267. The molecule has 2 aliphatic rings. The van der Waals surface area contributed by atoms with Crippen LogP contribution < -0.4 is 0 Å². The van der Waals surface area contributed by atoms with E-state index in [0.717, 1.165) is 58.1 Å². The highest BCUT2D eigenvalue weighted by Crippen LogP contribution is 2.22. The molecule has 0 N–H and O–H groups in total. The highest BCUT2D eigenvalue weighted by molar-refractivity contribution is 5.25. The Bertz CT molecular complexity index is 385. The van der Waals surface area contributed by atoms with Crippen molar-refractivity contribution >= 4 is 0 Å². The van der Waals surface area contributed by atoms with Crippen molar-refractivity contribution in [2.75, 3.05) is 52.5 Å². The summed E-state index contributed by atoms with van der Waals surface area (Å²) in [5.41, 5.74) is 0.966. The Kier molecular flexibility index (Phi) is 6.22. The molecule has 0 aliphatic carbocycles. The van der Waals surface area contributed by atoms with Crippen molar-refractivity contribution in [1.29, 1.82) is 5.26 Å². The number of hydrogen-bond donors (Lipinski definition) is 0. The summed E-state index contributed by atoms with van der Waals surface area (Å²) in [6.45, 7) is 12.2. The third kappa shape index (κ3) is 5.78. The standard InChI is InChI=1S/C17H29N3O/c1-17(2,15-20-8-10-21-11-9-20)12-16(13-18)14-19-6-4-3-5-7-19/h12H,3-11,14-15H2,1-2H3/b16-12+. The number of morpholine rings is 1. The normalized spacial score (nSPS) is 23.0. The second-order valence-electron chi connectivity index (χ2n) is 7.00. The Balaban J connectivity index is 1.90. The molecule has 0 radical (unpaired) electrons. The first-order chi connectivity index (χ1) is 10.1. The monoisotopic (exact) mass is 291 g/mol. The largest absolute Gasteiger partial charge is 0.379 e. The smallest absolute Gasteiger partial charge is 0.0957 e. The first-order valence-corrected chi connectivity index (χ1v) is 8.23. The fourth-order valence-electron chi connectivity index (χ4n) is 3.32. The summed E-state index contributed by atoms with van der Waals surface area (Å²) >= 11 is 0. The van der Waals surface area contributed by atoms with Gasteiger partial charge < -0.3 is 4.74 Å². The third-order valence-electron chi connectivity index (χ3n) is 4.29. The number of piperidine rings is 1. The first-order valence-electron chi connectivity index (χ1n) is 8.23. The van der Waals surface area contributed by atoms with Crippen molar-refractivity contribution in [1.82, 2.24) is 9.80 Å². The summed E-state index contributed by atoms with van der Waals surface area (Å²) in [6, 6.07) is 2.42. The number of nitrogens with zero attached hydrogens (tertiary/aromatic N) is 3. The van der Waals surface area contributed by atoms with E-state index in [9.17, 15) is 5.26 Å². The molecule has 118 valence electrons. The van der Waals surface area contributed by atoms with E-state index in [2.05, 4.69) is 35.8 Å². The van der Waals surface area contributed by atoms with E-state index in [1.807, 2.05) is 0 Å². The minimum absolute atomic E-state index is 0.0399. The molecule has 0 atom stereocenters. The molecule has 2 saturated heterocycles. The molecule has 0 saturated carbocycles. The molecule has 2 rings (SSSR count). The zero-order valence-electron chi connectivity index (χ0n) is 13.6. The maximum absolute atomic E-state index is 9.45. The number of hydrogen-bond acceptors (Lipinski definition) is 4. The van der Waals surface area contributed by atoms with Crippen LogP contribution in [-0.2, 0) is 4.74 Å². The Morgan fingerprint density at radius 3 is 2.38 bits per heavy atom. The molecule has 0 bridgehead atoms. The topological polar surface area (TPSA) is 39.5 Å². The predicted molar refractivity (Wildman–Crippen MR) is 85.0 cm³/mol. The van der Waals surface area contributed by atoms with Gasteiger partial charge in [0.25, 0.3) is 0 Å². The van der Waals surface area contributed by atoms with Gasteiger partial charge in [0.1, 0.15) is 0 Å². The van der Waals surface area contributed by atoms with Crippen LogP contribution >= 0.6 is 0 Å². The van der Waals surface area contributed by atoms with Crippen LogP contribution in [0.3, 0.4) is 0 Å². The van der Waals surface area contributed by atoms with E-state index in [0.29, 0.717) is 0 Å². The van der Waals surface area contributed by atoms with Crippen molar-refractivity contribution in [2.24, 2.45) is 5.41 Å². The van der Waals surface area contributed by atoms with E-state index in [1.54, 1.807) is 0 Å². The summed E-state index contributed by atoms with van der Waals surface area (Å²) in [5.74, 6) is 0. The average molecular weight is 291 g/mol. The van der Waals surface area contributed by atoms with Gasteiger partial charge in [0, 0.05) is 31.8 Å². The van der Waals surface area contributed by atoms with Crippen LogP contribution in [0.25, 0.3) is 0 Å². The van der Waals surface area contributed by atoms with E-state index >= 15 is 0 Å². The molecule has 0 amide bonds. The zero-order valence-corrected chi connectivity index (χ0v) is 13.6. The molecule has 4 heteroatoms. The molecule has 0 aromatic heterocycles. The maximum atomic E-state index is 9.45. The van der Waals surface area contributed by atoms with Gasteiger partial charge in [0.2, 0.25) is 0 Å². The van der Waals surface area contributed by atoms with Gasteiger partial charge in [0.15, 0.2) is 0 Å². The second kappa shape index (κ2) is 7.93. The molecule has 0 spiro atoms. The van der Waals surface area contributed by atoms with Gasteiger partial charge >= 0.3 is 0 Å². The number of likely N-dealkylation sites (tertiary alicyclic amines) is 1. The lowest BCUT2D eigenvalue weighted by Gasteiger charge is -2.33. The van der Waals surface area contributed by atoms with E-state index < -0.39 is 0 Å². The van der Waals surface area contributed by atoms with Gasteiger partial charge in [-0.15, -0.1) is 0 Å². The summed E-state index contributed by atoms with van der Waals surface area (Å²) in [4.78, 5) is 4.86. The average Bonchev–Trinajstić information content (AvgIpc) is 2.48. The van der Waals surface area contributed by atoms with Gasteiger partial charge in [-0.05, 0) is 31.3 Å². The van der Waals surface area contributed by atoms with E-state index in [1.165, 1.54) is 19.3 Å². The Morgan fingerprint density at radius 1 is 1.10 bits per heavy atom. The van der Waals surface area contributed by atoms with Crippen LogP contribution in [0.5, 0.6) is 0 Å². The van der Waals surface area contributed by atoms with Crippen molar-refractivity contribution in [3.63, 3.8) is 0 Å². The summed E-state index contributed by atoms with van der Waals surface area (Å²) in [6.07, 6.45) is 6.08. The molecule has 2 aliphatic heterocycles. The van der Waals surface area contributed by atoms with Gasteiger partial charge in [0.05, 0.1) is 19.3 Å². The first kappa shape index (κ1) is 16.5. The molecule has 2 heterocycles. The highest BCUT2D eigenvalue weighted by atomic mass is 16.5. The number of ether oxygens (including phenoxy) is 1. The van der Waals surface area contributed by atoms with Gasteiger partial charge in [-0.3, -0.25) is 9.80 Å². The predicted octanol–water partition coefficient (Wildman–Crippen LogP) is 2.28. The van der Waals surface area contributed by atoms with Gasteiger partial charge in [-0.2, -0.15) is 5.26 Å². The summed E-state index contributed by atoms with van der Waals surface area (Å²) in [5, 5.41) is 9.45. The minimum atomic E-state index is 0.0399. The molecule has 4 nitrogen and oxygen atoms in total. The zero-order chi connectivity index (χ0) is 15.1. The highest BCUT2D eigenvalue weighted by Gasteiger charge is 2.22. The van der Waals surface area contributed by atoms with Crippen LogP contribution in [0.2, 0.25) is 0 Å². The Hall–Kier alpha value is -0.890. The van der Waals surface area contributed by atoms with E-state index in [-0.39, 0.29) is 5.41 Å². The van der Waals surface area contributed by atoms with Crippen LogP contribution in [0.15, 0.2) is 11.6 Å². The van der Waals surface area contributed by atoms with E-state index in [4.69, 9.17) is 4.74 Å². The summed E-state index contributed by atoms with van der Waals surface area (Å²) < 4.78 is 5.40. The van der Waals surface area contributed by atoms with Crippen molar-refractivity contribution < 1.29 is 4.74 Å². The van der Waals surface area contributed by atoms with Crippen LogP contribution in [0.1, 0.15) is 33.1 Å². The minimum Gasteiger partial charge on any atom is -0.379 e. The SMILES string of the molecule is CC(C)(/C=C(\C#N)CN1CCCCC1)CN1CCOCC1. The van der Waals surface area contributed by atoms with Crippen LogP contribution in [0.4, 0.5) is 0 Å². The third-order valence-corrected chi connectivity index (χ3v) is 4.29. The Morgan fingerprint density at radius 2 is 1.76 bits per heavy atom. The van der Waals surface area contributed by atoms with Crippen LogP contribution in [0, 0.1) is 16.7 Å². The fraction of sp³-hybridized carbons (Fsp3) is 0.824. The second-order valence-corrected chi connectivity index (χ2v) is 7.00. The number of nitriles is 1. The molecular formula is C17H29N3O. The molecule has 0 aromatic carbocycles. The van der Waals surface area contributed by atoms with Gasteiger partial charge in [-0.1, -0.05) is 26.3 Å². The molecule has 21 heavy (non-hydrogen) atoms. The van der Waals surface area contributed by atoms with Gasteiger partial charge in [-0.25, -0.2) is 0 Å². The lowest BCUT2D eigenvalue weighted by atomic mass is 9.89. The van der Waals surface area contributed by atoms with Crippen molar-refractivity contribution in [2.45, 2.75) is 33.1 Å². The van der Waals surface area contributed by atoms with Crippen molar-refractivity contribution in [3.8, 4) is 6.07 Å². The Labute approximate surface area is 129 Å². The molecule has 0 unspecified atom stereocenters. The quantitative estimate of drug-likeness (QED) is 0.729. The molecule has 2 fully saturated rings. The summed E-state index contributed by atoms with van der Waals surface area (Å²) in [7, 11) is 0. The lowest BCUT2D eigenvalue weighted by Crippen LogP contribution is -2.41. The molecule has 0 aromatic rings.